The number of hydrogen-bond acceptors (Lipinski definition) is 4. The fourth-order valence-electron chi connectivity index (χ4n) is 1.92. The van der Waals surface area contributed by atoms with Crippen molar-refractivity contribution in [2.45, 2.75) is 9.79 Å². The van der Waals surface area contributed by atoms with Gasteiger partial charge in [-0.05, 0) is 30.3 Å². The second-order valence-electron chi connectivity index (χ2n) is 4.27. The molecule has 0 aliphatic carbocycles. The maximum atomic E-state index is 14.1. The van der Waals surface area contributed by atoms with E-state index in [4.69, 9.17) is 5.14 Å². The molecule has 22 heavy (non-hydrogen) atoms. The molecule has 6 nitrogen and oxygen atoms in total. The summed E-state index contributed by atoms with van der Waals surface area (Å²) in [6.45, 7) is 0. The van der Waals surface area contributed by atoms with Crippen LogP contribution in [0.5, 0.6) is 0 Å². The molecule has 3 N–H and O–H groups in total. The molecule has 0 spiro atoms. The molecular formula is C12H9BrFNO5S2. The lowest BCUT2D eigenvalue weighted by Crippen LogP contribution is -2.15. The SMILES string of the molecule is NS(=O)(=O)c1cccc(S(=O)(=O)O)c1-c1cc(Br)ccc1F. The third kappa shape index (κ3) is 3.36. The Hall–Kier alpha value is -1.33. The lowest BCUT2D eigenvalue weighted by Gasteiger charge is -2.13. The van der Waals surface area contributed by atoms with Crippen molar-refractivity contribution < 1.29 is 25.8 Å². The number of rotatable bonds is 3. The summed E-state index contributed by atoms with van der Waals surface area (Å²) >= 11 is 3.08. The van der Waals surface area contributed by atoms with Crippen molar-refractivity contribution in [2.24, 2.45) is 5.14 Å². The average Bonchev–Trinajstić information content (AvgIpc) is 2.38. The van der Waals surface area contributed by atoms with Gasteiger partial charge in [-0.15, -0.1) is 0 Å². The van der Waals surface area contributed by atoms with Crippen LogP contribution in [0.1, 0.15) is 0 Å². The van der Waals surface area contributed by atoms with E-state index >= 15 is 0 Å². The van der Waals surface area contributed by atoms with Crippen LogP contribution in [0.2, 0.25) is 0 Å². The molecule has 0 unspecified atom stereocenters. The van der Waals surface area contributed by atoms with Gasteiger partial charge < -0.3 is 0 Å². The summed E-state index contributed by atoms with van der Waals surface area (Å²) < 4.78 is 70.0. The second-order valence-corrected chi connectivity index (χ2v) is 8.11. The Morgan fingerprint density at radius 2 is 1.64 bits per heavy atom. The van der Waals surface area contributed by atoms with Gasteiger partial charge in [0.1, 0.15) is 10.7 Å². The van der Waals surface area contributed by atoms with E-state index in [1.165, 1.54) is 12.1 Å². The summed E-state index contributed by atoms with van der Waals surface area (Å²) in [5, 5.41) is 5.06. The third-order valence-corrected chi connectivity index (χ3v) is 5.11. The van der Waals surface area contributed by atoms with E-state index in [1.807, 2.05) is 0 Å². The zero-order valence-corrected chi connectivity index (χ0v) is 13.9. The monoisotopic (exact) mass is 409 g/mol. The summed E-state index contributed by atoms with van der Waals surface area (Å²) in [6.07, 6.45) is 0. The molecule has 0 atom stereocenters. The van der Waals surface area contributed by atoms with Crippen LogP contribution in [-0.2, 0) is 20.1 Å². The molecule has 2 aromatic rings. The van der Waals surface area contributed by atoms with Crippen LogP contribution in [0, 0.1) is 5.82 Å². The van der Waals surface area contributed by atoms with E-state index in [9.17, 15) is 25.8 Å². The van der Waals surface area contributed by atoms with Crippen molar-refractivity contribution in [2.75, 3.05) is 0 Å². The van der Waals surface area contributed by atoms with Crippen molar-refractivity contribution >= 4 is 36.1 Å². The number of sulfonamides is 1. The molecule has 0 bridgehead atoms. The quantitative estimate of drug-likeness (QED) is 0.753. The number of hydrogen-bond donors (Lipinski definition) is 2. The normalized spacial score (nSPS) is 12.4. The highest BCUT2D eigenvalue weighted by Crippen LogP contribution is 2.36. The minimum absolute atomic E-state index is 0.327. The number of benzene rings is 2. The van der Waals surface area contributed by atoms with Gasteiger partial charge in [-0.1, -0.05) is 22.0 Å². The summed E-state index contributed by atoms with van der Waals surface area (Å²) in [6, 6.07) is 6.63. The predicted octanol–water partition coefficient (Wildman–Crippen LogP) is 2.15. The largest absolute Gasteiger partial charge is 0.295 e. The molecule has 0 radical (unpaired) electrons. The summed E-state index contributed by atoms with van der Waals surface area (Å²) in [5.74, 6) is -0.871. The number of primary sulfonamides is 1. The van der Waals surface area contributed by atoms with E-state index in [0.717, 1.165) is 24.3 Å². The molecule has 118 valence electrons. The highest BCUT2D eigenvalue weighted by molar-refractivity contribution is 9.10. The molecule has 0 aromatic heterocycles. The molecule has 2 aromatic carbocycles. The van der Waals surface area contributed by atoms with Gasteiger partial charge in [0.15, 0.2) is 0 Å². The van der Waals surface area contributed by atoms with Crippen molar-refractivity contribution in [3.8, 4) is 11.1 Å². The molecule has 0 saturated heterocycles. The topological polar surface area (TPSA) is 115 Å². The van der Waals surface area contributed by atoms with Crippen molar-refractivity contribution in [1.29, 1.82) is 0 Å². The van der Waals surface area contributed by atoms with Crippen LogP contribution in [0.25, 0.3) is 11.1 Å². The first kappa shape index (κ1) is 17.0. The van der Waals surface area contributed by atoms with E-state index < -0.39 is 41.3 Å². The Kier molecular flexibility index (Phi) is 4.42. The molecule has 0 amide bonds. The fourth-order valence-corrected chi connectivity index (χ4v) is 3.84. The van der Waals surface area contributed by atoms with Gasteiger partial charge in [0, 0.05) is 15.6 Å². The van der Waals surface area contributed by atoms with Crippen LogP contribution in [0.3, 0.4) is 0 Å². The maximum absolute atomic E-state index is 14.1. The van der Waals surface area contributed by atoms with Gasteiger partial charge in [-0.3, -0.25) is 4.55 Å². The first-order valence-electron chi connectivity index (χ1n) is 5.60. The van der Waals surface area contributed by atoms with Crippen molar-refractivity contribution in [3.63, 3.8) is 0 Å². The first-order valence-corrected chi connectivity index (χ1v) is 9.38. The van der Waals surface area contributed by atoms with Gasteiger partial charge in [-0.2, -0.15) is 8.42 Å². The molecule has 0 aliphatic rings. The van der Waals surface area contributed by atoms with Gasteiger partial charge in [0.05, 0.1) is 4.90 Å². The summed E-state index contributed by atoms with van der Waals surface area (Å²) in [4.78, 5) is -1.37. The zero-order chi connectivity index (χ0) is 16.7. The van der Waals surface area contributed by atoms with Crippen LogP contribution in [0.4, 0.5) is 4.39 Å². The van der Waals surface area contributed by atoms with Gasteiger partial charge in [0.25, 0.3) is 10.1 Å². The van der Waals surface area contributed by atoms with Crippen LogP contribution < -0.4 is 5.14 Å². The Morgan fingerprint density at radius 1 is 1.05 bits per heavy atom. The minimum Gasteiger partial charge on any atom is -0.282 e. The first-order chi connectivity index (χ1) is 10.0. The molecule has 0 saturated carbocycles. The molecule has 0 fully saturated rings. The summed E-state index contributed by atoms with van der Waals surface area (Å²) in [7, 11) is -9.15. The standard InChI is InChI=1S/C12H9BrFNO5S2/c13-7-4-5-9(14)8(6-7)12-10(21(15,16)17)2-1-3-11(12)22(18,19)20/h1-6H,(H2,15,16,17)(H,18,19,20). The second kappa shape index (κ2) is 5.70. The molecule has 0 heterocycles. The van der Waals surface area contributed by atoms with E-state index in [2.05, 4.69) is 15.9 Å². The zero-order valence-electron chi connectivity index (χ0n) is 10.7. The molecule has 10 heteroatoms. The van der Waals surface area contributed by atoms with Gasteiger partial charge in [0.2, 0.25) is 10.0 Å². The van der Waals surface area contributed by atoms with Gasteiger partial charge >= 0.3 is 0 Å². The van der Waals surface area contributed by atoms with Crippen LogP contribution in [0.15, 0.2) is 50.7 Å². The Bertz CT molecular complexity index is 907. The number of halogens is 2. The van der Waals surface area contributed by atoms with Crippen molar-refractivity contribution in [1.82, 2.24) is 0 Å². The lowest BCUT2D eigenvalue weighted by atomic mass is 10.1. The fraction of sp³-hybridized carbons (Fsp3) is 0. The van der Waals surface area contributed by atoms with Crippen molar-refractivity contribution in [3.05, 3.63) is 46.7 Å². The third-order valence-electron chi connectivity index (χ3n) is 2.77. The van der Waals surface area contributed by atoms with E-state index in [0.29, 0.717) is 4.47 Å². The van der Waals surface area contributed by atoms with Crippen LogP contribution >= 0.6 is 15.9 Å². The molecular weight excluding hydrogens is 401 g/mol. The van der Waals surface area contributed by atoms with E-state index in [-0.39, 0.29) is 5.56 Å². The molecule has 0 aliphatic heterocycles. The number of nitrogens with two attached hydrogens (primary N) is 1. The highest BCUT2D eigenvalue weighted by atomic mass is 79.9. The smallest absolute Gasteiger partial charge is 0.282 e. The summed E-state index contributed by atoms with van der Waals surface area (Å²) in [5.41, 5.74) is -0.849. The Labute approximate surface area is 134 Å². The lowest BCUT2D eigenvalue weighted by molar-refractivity contribution is 0.483. The average molecular weight is 410 g/mol. The predicted molar refractivity (Wildman–Crippen MR) is 80.7 cm³/mol. The highest BCUT2D eigenvalue weighted by Gasteiger charge is 2.26. The minimum atomic E-state index is -4.80. The Morgan fingerprint density at radius 3 is 2.18 bits per heavy atom. The van der Waals surface area contributed by atoms with E-state index in [1.54, 1.807) is 0 Å². The van der Waals surface area contributed by atoms with Crippen LogP contribution in [-0.4, -0.2) is 21.4 Å². The maximum Gasteiger partial charge on any atom is 0.295 e. The van der Waals surface area contributed by atoms with Gasteiger partial charge in [-0.25, -0.2) is 17.9 Å². The molecule has 2 rings (SSSR count). The Balaban J connectivity index is 3.03.